The predicted molar refractivity (Wildman–Crippen MR) is 111 cm³/mol. The topological polar surface area (TPSA) is 57.6 Å². The van der Waals surface area contributed by atoms with Crippen LogP contribution in [0.15, 0.2) is 54.7 Å². The summed E-state index contributed by atoms with van der Waals surface area (Å²) < 4.78 is 15.0. The number of amides is 2. The van der Waals surface area contributed by atoms with Crippen LogP contribution in [0.3, 0.4) is 0 Å². The zero-order chi connectivity index (χ0) is 20.4. The van der Waals surface area contributed by atoms with E-state index in [1.807, 2.05) is 39.9 Å². The van der Waals surface area contributed by atoms with Gasteiger partial charge in [0.2, 0.25) is 11.8 Å². The molecule has 1 aliphatic heterocycles. The Morgan fingerprint density at radius 2 is 1.72 bits per heavy atom. The first kappa shape index (κ1) is 19.0. The van der Waals surface area contributed by atoms with Crippen molar-refractivity contribution in [1.82, 2.24) is 9.47 Å². The van der Waals surface area contributed by atoms with Gasteiger partial charge < -0.3 is 19.7 Å². The Kier molecular flexibility index (Phi) is 5.20. The van der Waals surface area contributed by atoms with E-state index >= 15 is 0 Å². The van der Waals surface area contributed by atoms with Crippen LogP contribution in [-0.4, -0.2) is 47.5 Å². The highest BCUT2D eigenvalue weighted by atomic mass is 19.1. The van der Waals surface area contributed by atoms with Crippen LogP contribution in [0.4, 0.5) is 15.8 Å². The average molecular weight is 394 g/mol. The monoisotopic (exact) mass is 394 g/mol. The fraction of sp³-hybridized carbons (Fsp3) is 0.273. The molecule has 0 aliphatic carbocycles. The molecule has 1 N–H and O–H groups in total. The summed E-state index contributed by atoms with van der Waals surface area (Å²) in [7, 11) is 0. The molecule has 0 radical (unpaired) electrons. The number of nitrogens with zero attached hydrogens (tertiary/aromatic N) is 3. The molecule has 0 spiro atoms. The number of benzene rings is 2. The first-order valence-corrected chi connectivity index (χ1v) is 9.65. The van der Waals surface area contributed by atoms with E-state index in [4.69, 9.17) is 0 Å². The summed E-state index contributed by atoms with van der Waals surface area (Å²) in [4.78, 5) is 28.2. The van der Waals surface area contributed by atoms with Gasteiger partial charge in [-0.25, -0.2) is 4.39 Å². The normalized spacial score (nSPS) is 14.3. The van der Waals surface area contributed by atoms with E-state index in [1.165, 1.54) is 19.1 Å². The minimum absolute atomic E-state index is 0.0613. The summed E-state index contributed by atoms with van der Waals surface area (Å²) >= 11 is 0. The standard InChI is InChI=1S/C22H23FN4O2/c1-16(28)24-20-3-2-4-21-19(20)9-10-27(21)15-22(29)26-13-11-25(12-14-26)18-7-5-17(23)6-8-18/h2-10H,11-15H2,1H3,(H,24,28). The van der Waals surface area contributed by atoms with Crippen molar-refractivity contribution in [3.63, 3.8) is 0 Å². The number of anilines is 2. The van der Waals surface area contributed by atoms with Gasteiger partial charge in [-0.3, -0.25) is 9.59 Å². The van der Waals surface area contributed by atoms with E-state index in [1.54, 1.807) is 12.1 Å². The molecule has 3 aromatic rings. The highest BCUT2D eigenvalue weighted by molar-refractivity contribution is 6.01. The van der Waals surface area contributed by atoms with E-state index in [0.717, 1.165) is 35.4 Å². The molecule has 0 saturated carbocycles. The molecule has 29 heavy (non-hydrogen) atoms. The molecule has 0 unspecified atom stereocenters. The van der Waals surface area contributed by atoms with Crippen LogP contribution in [0.5, 0.6) is 0 Å². The van der Waals surface area contributed by atoms with E-state index in [0.29, 0.717) is 13.1 Å². The molecule has 150 valence electrons. The van der Waals surface area contributed by atoms with Gasteiger partial charge in [-0.15, -0.1) is 0 Å². The molecule has 0 bridgehead atoms. The van der Waals surface area contributed by atoms with Crippen LogP contribution in [0.1, 0.15) is 6.92 Å². The highest BCUT2D eigenvalue weighted by Gasteiger charge is 2.22. The number of halogens is 1. The van der Waals surface area contributed by atoms with Gasteiger partial charge in [-0.05, 0) is 42.5 Å². The fourth-order valence-corrected chi connectivity index (χ4v) is 3.77. The molecule has 1 aliphatic rings. The highest BCUT2D eigenvalue weighted by Crippen LogP contribution is 2.25. The maximum absolute atomic E-state index is 13.1. The van der Waals surface area contributed by atoms with Crippen LogP contribution >= 0.6 is 0 Å². The molecule has 2 aromatic carbocycles. The Morgan fingerprint density at radius 1 is 1.00 bits per heavy atom. The van der Waals surface area contributed by atoms with E-state index in [9.17, 15) is 14.0 Å². The summed E-state index contributed by atoms with van der Waals surface area (Å²) in [6.07, 6.45) is 1.88. The second kappa shape index (κ2) is 7.95. The Balaban J connectivity index is 1.41. The van der Waals surface area contributed by atoms with Crippen molar-refractivity contribution in [3.05, 3.63) is 60.5 Å². The second-order valence-corrected chi connectivity index (χ2v) is 7.21. The smallest absolute Gasteiger partial charge is 0.242 e. The second-order valence-electron chi connectivity index (χ2n) is 7.21. The third-order valence-electron chi connectivity index (χ3n) is 5.25. The van der Waals surface area contributed by atoms with Crippen LogP contribution in [-0.2, 0) is 16.1 Å². The predicted octanol–water partition coefficient (Wildman–Crippen LogP) is 3.09. The third-order valence-corrected chi connectivity index (χ3v) is 5.25. The maximum atomic E-state index is 13.1. The molecule has 1 saturated heterocycles. The lowest BCUT2D eigenvalue weighted by Crippen LogP contribution is -2.49. The van der Waals surface area contributed by atoms with Crippen molar-refractivity contribution in [2.75, 3.05) is 36.4 Å². The maximum Gasteiger partial charge on any atom is 0.242 e. The number of hydrogen-bond donors (Lipinski definition) is 1. The number of aromatic nitrogens is 1. The van der Waals surface area contributed by atoms with Crippen molar-refractivity contribution >= 4 is 34.1 Å². The zero-order valence-electron chi connectivity index (χ0n) is 16.3. The summed E-state index contributed by atoms with van der Waals surface area (Å²) in [5, 5.41) is 3.74. The molecule has 1 aromatic heterocycles. The SMILES string of the molecule is CC(=O)Nc1cccc2c1ccn2CC(=O)N1CCN(c2ccc(F)cc2)CC1. The van der Waals surface area contributed by atoms with Crippen molar-refractivity contribution in [3.8, 4) is 0 Å². The van der Waals surface area contributed by atoms with E-state index in [2.05, 4.69) is 10.2 Å². The van der Waals surface area contributed by atoms with Gasteiger partial charge in [-0.1, -0.05) is 6.07 Å². The number of carbonyl (C=O) groups excluding carboxylic acids is 2. The lowest BCUT2D eigenvalue weighted by molar-refractivity contribution is -0.132. The number of carbonyl (C=O) groups is 2. The molecule has 4 rings (SSSR count). The lowest BCUT2D eigenvalue weighted by atomic mass is 10.2. The van der Waals surface area contributed by atoms with Crippen LogP contribution in [0, 0.1) is 5.82 Å². The molecule has 1 fully saturated rings. The van der Waals surface area contributed by atoms with Gasteiger partial charge in [0, 0.05) is 50.4 Å². The number of fused-ring (bicyclic) bond motifs is 1. The number of rotatable bonds is 4. The van der Waals surface area contributed by atoms with Gasteiger partial charge in [-0.2, -0.15) is 0 Å². The minimum atomic E-state index is -0.247. The molecular formula is C22H23FN4O2. The Bertz CT molecular complexity index is 1040. The van der Waals surface area contributed by atoms with Crippen molar-refractivity contribution in [2.24, 2.45) is 0 Å². The van der Waals surface area contributed by atoms with Crippen molar-refractivity contribution in [1.29, 1.82) is 0 Å². The minimum Gasteiger partial charge on any atom is -0.368 e. The van der Waals surface area contributed by atoms with Gasteiger partial charge >= 0.3 is 0 Å². The third kappa shape index (κ3) is 4.08. The van der Waals surface area contributed by atoms with Crippen molar-refractivity contribution in [2.45, 2.75) is 13.5 Å². The lowest BCUT2D eigenvalue weighted by Gasteiger charge is -2.36. The van der Waals surface area contributed by atoms with Crippen LogP contribution in [0.25, 0.3) is 10.9 Å². The zero-order valence-corrected chi connectivity index (χ0v) is 16.3. The van der Waals surface area contributed by atoms with Gasteiger partial charge in [0.25, 0.3) is 0 Å². The van der Waals surface area contributed by atoms with Crippen molar-refractivity contribution < 1.29 is 14.0 Å². The summed E-state index contributed by atoms with van der Waals surface area (Å²) in [6.45, 7) is 4.43. The van der Waals surface area contributed by atoms with Gasteiger partial charge in [0.15, 0.2) is 0 Å². The van der Waals surface area contributed by atoms with Crippen LogP contribution < -0.4 is 10.2 Å². The number of hydrogen-bond acceptors (Lipinski definition) is 3. The quantitative estimate of drug-likeness (QED) is 0.740. The molecule has 0 atom stereocenters. The molecule has 2 heterocycles. The largest absolute Gasteiger partial charge is 0.368 e. The number of piperazine rings is 1. The van der Waals surface area contributed by atoms with Gasteiger partial charge in [0.05, 0.1) is 11.2 Å². The average Bonchev–Trinajstić information content (AvgIpc) is 3.12. The van der Waals surface area contributed by atoms with Gasteiger partial charge in [0.1, 0.15) is 12.4 Å². The van der Waals surface area contributed by atoms with E-state index < -0.39 is 0 Å². The first-order chi connectivity index (χ1) is 14.0. The van der Waals surface area contributed by atoms with E-state index in [-0.39, 0.29) is 24.2 Å². The summed E-state index contributed by atoms with van der Waals surface area (Å²) in [5.74, 6) is -0.310. The Labute approximate surface area is 168 Å². The molecule has 7 heteroatoms. The molecular weight excluding hydrogens is 371 g/mol. The Hall–Kier alpha value is -3.35. The first-order valence-electron chi connectivity index (χ1n) is 9.65. The van der Waals surface area contributed by atoms with Crippen LogP contribution in [0.2, 0.25) is 0 Å². The molecule has 2 amide bonds. The Morgan fingerprint density at radius 3 is 2.41 bits per heavy atom. The number of nitrogens with one attached hydrogen (secondary N) is 1. The summed E-state index contributed by atoms with van der Waals surface area (Å²) in [5.41, 5.74) is 2.63. The fourth-order valence-electron chi connectivity index (χ4n) is 3.77. The summed E-state index contributed by atoms with van der Waals surface area (Å²) in [6, 6.07) is 14.0. The molecule has 6 nitrogen and oxygen atoms in total.